The minimum Gasteiger partial charge on any atom is -0.323 e. The molecule has 2 aromatic rings. The van der Waals surface area contributed by atoms with Gasteiger partial charge in [0.15, 0.2) is 0 Å². The molecule has 0 aliphatic carbocycles. The molecule has 0 bridgehead atoms. The number of benzene rings is 1. The van der Waals surface area contributed by atoms with Gasteiger partial charge in [-0.15, -0.1) is 11.8 Å². The van der Waals surface area contributed by atoms with E-state index in [2.05, 4.69) is 16.4 Å². The third-order valence-electron chi connectivity index (χ3n) is 3.02. The summed E-state index contributed by atoms with van der Waals surface area (Å²) < 4.78 is 0. The van der Waals surface area contributed by atoms with Gasteiger partial charge >= 0.3 is 6.03 Å². The van der Waals surface area contributed by atoms with Crippen molar-refractivity contribution in [2.75, 3.05) is 18.6 Å². The van der Waals surface area contributed by atoms with Crippen molar-refractivity contribution in [2.24, 2.45) is 0 Å². The Labute approximate surface area is 134 Å². The summed E-state index contributed by atoms with van der Waals surface area (Å²) in [5, 5.41) is 12.6. The zero-order chi connectivity index (χ0) is 15.9. The minimum absolute atomic E-state index is 0.208. The fraction of sp³-hybridized carbons (Fsp3) is 0.188. The van der Waals surface area contributed by atoms with Gasteiger partial charge in [0.1, 0.15) is 0 Å². The highest BCUT2D eigenvalue weighted by Crippen LogP contribution is 2.16. The number of hydrogen-bond acceptors (Lipinski definition) is 4. The number of amides is 2. The number of carbonyl (C=O) groups excluding carboxylic acids is 1. The SMILES string of the molecule is CSc1cc(NC(=O)N(C)Cc2cccc(C#N)c2)ccn1. The monoisotopic (exact) mass is 312 g/mol. The van der Waals surface area contributed by atoms with Gasteiger partial charge in [-0.25, -0.2) is 9.78 Å². The third-order valence-corrected chi connectivity index (χ3v) is 3.66. The van der Waals surface area contributed by atoms with Crippen LogP contribution in [0.5, 0.6) is 0 Å². The number of carbonyl (C=O) groups is 1. The largest absolute Gasteiger partial charge is 0.323 e. The van der Waals surface area contributed by atoms with Crippen LogP contribution in [0.3, 0.4) is 0 Å². The Morgan fingerprint density at radius 3 is 2.95 bits per heavy atom. The van der Waals surface area contributed by atoms with Crippen LogP contribution in [0.4, 0.5) is 10.5 Å². The van der Waals surface area contributed by atoms with Crippen molar-refractivity contribution >= 4 is 23.5 Å². The molecule has 1 heterocycles. The molecule has 1 aromatic heterocycles. The first kappa shape index (κ1) is 15.9. The molecule has 0 atom stereocenters. The van der Waals surface area contributed by atoms with Crippen LogP contribution in [0.15, 0.2) is 47.6 Å². The molecule has 0 saturated heterocycles. The van der Waals surface area contributed by atoms with Crippen molar-refractivity contribution in [3.8, 4) is 6.07 Å². The van der Waals surface area contributed by atoms with Crippen LogP contribution in [-0.2, 0) is 6.54 Å². The lowest BCUT2D eigenvalue weighted by atomic mass is 10.1. The minimum atomic E-state index is -0.208. The molecule has 0 radical (unpaired) electrons. The molecular formula is C16H16N4OS. The topological polar surface area (TPSA) is 69.0 Å². The zero-order valence-corrected chi connectivity index (χ0v) is 13.2. The Balaban J connectivity index is 2.01. The third kappa shape index (κ3) is 4.24. The second kappa shape index (κ2) is 7.48. The molecule has 0 fully saturated rings. The van der Waals surface area contributed by atoms with Crippen molar-refractivity contribution in [3.63, 3.8) is 0 Å². The van der Waals surface area contributed by atoms with E-state index in [1.165, 1.54) is 11.8 Å². The predicted octanol–water partition coefficient (Wildman–Crippen LogP) is 3.34. The Morgan fingerprint density at radius 2 is 2.23 bits per heavy atom. The number of urea groups is 1. The molecule has 0 spiro atoms. The first-order valence-corrected chi connectivity index (χ1v) is 7.86. The number of nitrogens with one attached hydrogen (secondary N) is 1. The van der Waals surface area contributed by atoms with Crippen molar-refractivity contribution in [2.45, 2.75) is 11.6 Å². The summed E-state index contributed by atoms with van der Waals surface area (Å²) in [5.41, 5.74) is 2.21. The van der Waals surface area contributed by atoms with E-state index >= 15 is 0 Å². The standard InChI is InChI=1S/C16H16N4OS/c1-20(11-13-5-3-4-12(8-13)10-17)16(21)19-14-6-7-18-15(9-14)22-2/h3-9H,11H2,1-2H3,(H,18,19,21). The lowest BCUT2D eigenvalue weighted by Gasteiger charge is -2.18. The average Bonchev–Trinajstić information content (AvgIpc) is 2.55. The Hall–Kier alpha value is -2.52. The maximum absolute atomic E-state index is 12.2. The molecule has 1 N–H and O–H groups in total. The van der Waals surface area contributed by atoms with Crippen molar-refractivity contribution < 1.29 is 4.79 Å². The van der Waals surface area contributed by atoms with Crippen LogP contribution < -0.4 is 5.32 Å². The Kier molecular flexibility index (Phi) is 5.39. The number of nitrogens with zero attached hydrogens (tertiary/aromatic N) is 3. The number of nitriles is 1. The van der Waals surface area contributed by atoms with Crippen molar-refractivity contribution in [1.82, 2.24) is 9.88 Å². The quantitative estimate of drug-likeness (QED) is 0.879. The summed E-state index contributed by atoms with van der Waals surface area (Å²) >= 11 is 1.52. The van der Waals surface area contributed by atoms with Crippen molar-refractivity contribution in [1.29, 1.82) is 5.26 Å². The van der Waals surface area contributed by atoms with Gasteiger partial charge in [-0.3, -0.25) is 0 Å². The highest BCUT2D eigenvalue weighted by Gasteiger charge is 2.10. The van der Waals surface area contributed by atoms with Crippen LogP contribution in [0.25, 0.3) is 0 Å². The normalized spacial score (nSPS) is 9.86. The van der Waals surface area contributed by atoms with Gasteiger partial charge in [0.05, 0.1) is 16.7 Å². The number of anilines is 1. The number of aromatic nitrogens is 1. The molecule has 0 aliphatic heterocycles. The highest BCUT2D eigenvalue weighted by atomic mass is 32.2. The van der Waals surface area contributed by atoms with Gasteiger partial charge in [-0.1, -0.05) is 12.1 Å². The van der Waals surface area contributed by atoms with E-state index in [4.69, 9.17) is 5.26 Å². The molecule has 0 saturated carbocycles. The fourth-order valence-corrected chi connectivity index (χ4v) is 2.31. The number of pyridine rings is 1. The van der Waals surface area contributed by atoms with Crippen LogP contribution >= 0.6 is 11.8 Å². The molecule has 0 unspecified atom stereocenters. The Morgan fingerprint density at radius 1 is 1.41 bits per heavy atom. The predicted molar refractivity (Wildman–Crippen MR) is 87.7 cm³/mol. The van der Waals surface area contributed by atoms with Gasteiger partial charge in [-0.2, -0.15) is 5.26 Å². The molecule has 6 heteroatoms. The number of rotatable bonds is 4. The molecule has 0 aliphatic rings. The summed E-state index contributed by atoms with van der Waals surface area (Å²) in [6.45, 7) is 0.432. The first-order valence-electron chi connectivity index (χ1n) is 6.63. The molecule has 2 amide bonds. The van der Waals surface area contributed by atoms with E-state index in [1.807, 2.05) is 24.5 Å². The second-order valence-corrected chi connectivity index (χ2v) is 5.51. The summed E-state index contributed by atoms with van der Waals surface area (Å²) in [6, 6.07) is 12.7. The maximum Gasteiger partial charge on any atom is 0.321 e. The lowest BCUT2D eigenvalue weighted by molar-refractivity contribution is 0.220. The zero-order valence-electron chi connectivity index (χ0n) is 12.4. The molecule has 1 aromatic carbocycles. The van der Waals surface area contributed by atoms with Crippen LogP contribution in [-0.4, -0.2) is 29.2 Å². The molecule has 2 rings (SSSR count). The second-order valence-electron chi connectivity index (χ2n) is 4.69. The van der Waals surface area contributed by atoms with E-state index in [1.54, 1.807) is 36.3 Å². The van der Waals surface area contributed by atoms with Crippen LogP contribution in [0, 0.1) is 11.3 Å². The van der Waals surface area contributed by atoms with Gasteiger partial charge in [-0.05, 0) is 36.1 Å². The summed E-state index contributed by atoms with van der Waals surface area (Å²) in [7, 11) is 1.71. The highest BCUT2D eigenvalue weighted by molar-refractivity contribution is 7.98. The first-order chi connectivity index (χ1) is 10.6. The summed E-state index contributed by atoms with van der Waals surface area (Å²) in [4.78, 5) is 17.9. The average molecular weight is 312 g/mol. The number of thioether (sulfide) groups is 1. The molecule has 5 nitrogen and oxygen atoms in total. The smallest absolute Gasteiger partial charge is 0.321 e. The van der Waals surface area contributed by atoms with Gasteiger partial charge in [0.2, 0.25) is 0 Å². The van der Waals surface area contributed by atoms with Gasteiger partial charge in [0.25, 0.3) is 0 Å². The van der Waals surface area contributed by atoms with E-state index in [0.717, 1.165) is 10.6 Å². The van der Waals surface area contributed by atoms with Crippen LogP contribution in [0.2, 0.25) is 0 Å². The summed E-state index contributed by atoms with van der Waals surface area (Å²) in [6.07, 6.45) is 3.60. The molecular weight excluding hydrogens is 296 g/mol. The fourth-order valence-electron chi connectivity index (χ4n) is 1.90. The molecule has 22 heavy (non-hydrogen) atoms. The van der Waals surface area contributed by atoms with Gasteiger partial charge in [0, 0.05) is 25.5 Å². The van der Waals surface area contributed by atoms with E-state index in [9.17, 15) is 4.79 Å². The molecule has 112 valence electrons. The van der Waals surface area contributed by atoms with Gasteiger partial charge < -0.3 is 10.2 Å². The maximum atomic E-state index is 12.2. The van der Waals surface area contributed by atoms with Crippen molar-refractivity contribution in [3.05, 3.63) is 53.7 Å². The van der Waals surface area contributed by atoms with E-state index < -0.39 is 0 Å². The Bertz CT molecular complexity index is 711. The lowest BCUT2D eigenvalue weighted by Crippen LogP contribution is -2.30. The van der Waals surface area contributed by atoms with E-state index in [-0.39, 0.29) is 6.03 Å². The van der Waals surface area contributed by atoms with Crippen LogP contribution in [0.1, 0.15) is 11.1 Å². The summed E-state index contributed by atoms with van der Waals surface area (Å²) in [5.74, 6) is 0. The van der Waals surface area contributed by atoms with E-state index in [0.29, 0.717) is 17.8 Å². The number of hydrogen-bond donors (Lipinski definition) is 1.